The number of carbonyl (C=O) groups excluding carboxylic acids is 2. The molecule has 0 fully saturated rings. The maximum absolute atomic E-state index is 12.2. The van der Waals surface area contributed by atoms with Gasteiger partial charge in [-0.1, -0.05) is 44.2 Å². The van der Waals surface area contributed by atoms with Crippen molar-refractivity contribution in [1.29, 1.82) is 0 Å². The van der Waals surface area contributed by atoms with Crippen molar-refractivity contribution in [3.8, 4) is 0 Å². The molecule has 0 aromatic heterocycles. The summed E-state index contributed by atoms with van der Waals surface area (Å²) in [7, 11) is 0. The van der Waals surface area contributed by atoms with Crippen LogP contribution in [0.15, 0.2) is 30.3 Å². The lowest BCUT2D eigenvalue weighted by Crippen LogP contribution is -2.39. The van der Waals surface area contributed by atoms with Crippen LogP contribution in [0.3, 0.4) is 0 Å². The molecule has 0 aliphatic rings. The molecule has 0 radical (unpaired) electrons. The predicted octanol–water partition coefficient (Wildman–Crippen LogP) is 2.52. The summed E-state index contributed by atoms with van der Waals surface area (Å²) in [6.45, 7) is 7.60. The third-order valence-electron chi connectivity index (χ3n) is 2.75. The minimum atomic E-state index is -0.493. The van der Waals surface area contributed by atoms with Crippen LogP contribution >= 0.6 is 0 Å². The van der Waals surface area contributed by atoms with E-state index in [1.54, 1.807) is 0 Å². The van der Waals surface area contributed by atoms with Gasteiger partial charge in [-0.25, -0.2) is 0 Å². The summed E-state index contributed by atoms with van der Waals surface area (Å²) >= 11 is 0. The Morgan fingerprint density at radius 1 is 1.00 bits per heavy atom. The molecule has 1 aromatic rings. The van der Waals surface area contributed by atoms with E-state index in [2.05, 4.69) is 5.32 Å². The average molecular weight is 247 g/mol. The highest BCUT2D eigenvalue weighted by Crippen LogP contribution is 2.25. The second-order valence-corrected chi connectivity index (χ2v) is 5.12. The van der Waals surface area contributed by atoms with Crippen molar-refractivity contribution in [3.05, 3.63) is 35.9 Å². The number of rotatable bonds is 5. The Balaban J connectivity index is 2.93. The Bertz CT molecular complexity index is 410. The predicted molar refractivity (Wildman–Crippen MR) is 72.3 cm³/mol. The number of Topliss-reactive ketones (excluding diaryl/α,β-unsaturated/α-hetero) is 1. The van der Waals surface area contributed by atoms with Crippen LogP contribution in [0, 0.1) is 5.92 Å². The van der Waals surface area contributed by atoms with E-state index in [-0.39, 0.29) is 23.7 Å². The first-order valence-electron chi connectivity index (χ1n) is 6.33. The van der Waals surface area contributed by atoms with Gasteiger partial charge in [0.15, 0.2) is 0 Å². The Labute approximate surface area is 109 Å². The molecule has 1 rings (SSSR count). The highest BCUT2D eigenvalue weighted by atomic mass is 16.2. The van der Waals surface area contributed by atoms with E-state index in [1.165, 1.54) is 0 Å². The molecular weight excluding hydrogens is 226 g/mol. The van der Waals surface area contributed by atoms with Gasteiger partial charge in [-0.15, -0.1) is 0 Å². The fourth-order valence-corrected chi connectivity index (χ4v) is 1.97. The standard InChI is InChI=1S/C15H21NO2/c1-10(2)13(12-8-6-5-7-9-12)14(17)15(18)16-11(3)4/h5-11,13H,1-4H3,(H,16,18). The van der Waals surface area contributed by atoms with Gasteiger partial charge in [-0.2, -0.15) is 0 Å². The van der Waals surface area contributed by atoms with Crippen LogP contribution in [0.2, 0.25) is 0 Å². The molecule has 3 nitrogen and oxygen atoms in total. The van der Waals surface area contributed by atoms with Gasteiger partial charge in [0, 0.05) is 6.04 Å². The topological polar surface area (TPSA) is 46.2 Å². The molecule has 0 saturated heterocycles. The Morgan fingerprint density at radius 2 is 1.56 bits per heavy atom. The SMILES string of the molecule is CC(C)NC(=O)C(=O)C(c1ccccc1)C(C)C. The second kappa shape index (κ2) is 6.34. The lowest BCUT2D eigenvalue weighted by molar-refractivity contribution is -0.139. The summed E-state index contributed by atoms with van der Waals surface area (Å²) in [6.07, 6.45) is 0. The van der Waals surface area contributed by atoms with Gasteiger partial charge in [0.25, 0.3) is 5.91 Å². The molecule has 0 heterocycles. The highest BCUT2D eigenvalue weighted by molar-refractivity contribution is 6.38. The molecule has 1 aromatic carbocycles. The van der Waals surface area contributed by atoms with Crippen LogP contribution in [-0.4, -0.2) is 17.7 Å². The maximum atomic E-state index is 12.2. The summed E-state index contributed by atoms with van der Waals surface area (Å²) in [5.41, 5.74) is 0.899. The van der Waals surface area contributed by atoms with Crippen LogP contribution in [0.1, 0.15) is 39.2 Å². The molecule has 1 atom stereocenters. The molecular formula is C15H21NO2. The second-order valence-electron chi connectivity index (χ2n) is 5.12. The lowest BCUT2D eigenvalue weighted by atomic mass is 9.84. The zero-order valence-corrected chi connectivity index (χ0v) is 11.4. The number of benzene rings is 1. The Kier molecular flexibility index (Phi) is 5.08. The smallest absolute Gasteiger partial charge is 0.288 e. The summed E-state index contributed by atoms with van der Waals surface area (Å²) in [5.74, 6) is -1.12. The van der Waals surface area contributed by atoms with E-state index in [0.717, 1.165) is 5.56 Å². The molecule has 0 saturated carbocycles. The third kappa shape index (κ3) is 3.69. The summed E-state index contributed by atoms with van der Waals surface area (Å²) in [5, 5.41) is 2.66. The molecule has 3 heteroatoms. The third-order valence-corrected chi connectivity index (χ3v) is 2.75. The zero-order chi connectivity index (χ0) is 13.7. The molecule has 0 bridgehead atoms. The highest BCUT2D eigenvalue weighted by Gasteiger charge is 2.29. The van der Waals surface area contributed by atoms with Gasteiger partial charge in [0.2, 0.25) is 5.78 Å². The van der Waals surface area contributed by atoms with Crippen molar-refractivity contribution >= 4 is 11.7 Å². The van der Waals surface area contributed by atoms with Crippen molar-refractivity contribution in [1.82, 2.24) is 5.32 Å². The average Bonchev–Trinajstić information content (AvgIpc) is 2.29. The number of nitrogens with one attached hydrogen (secondary N) is 1. The number of carbonyl (C=O) groups is 2. The minimum absolute atomic E-state index is 0.0231. The van der Waals surface area contributed by atoms with Crippen molar-refractivity contribution in [2.24, 2.45) is 5.92 Å². The van der Waals surface area contributed by atoms with E-state index in [0.29, 0.717) is 0 Å². The van der Waals surface area contributed by atoms with E-state index < -0.39 is 5.91 Å². The van der Waals surface area contributed by atoms with Crippen molar-refractivity contribution in [3.63, 3.8) is 0 Å². The van der Waals surface area contributed by atoms with Gasteiger partial charge in [-0.3, -0.25) is 9.59 Å². The molecule has 0 aliphatic carbocycles. The van der Waals surface area contributed by atoms with E-state index in [4.69, 9.17) is 0 Å². The summed E-state index contributed by atoms with van der Waals surface area (Å²) in [4.78, 5) is 24.0. The van der Waals surface area contributed by atoms with Gasteiger partial charge in [0.05, 0.1) is 5.92 Å². The zero-order valence-electron chi connectivity index (χ0n) is 11.4. The van der Waals surface area contributed by atoms with Crippen LogP contribution in [0.5, 0.6) is 0 Å². The first-order valence-corrected chi connectivity index (χ1v) is 6.33. The first kappa shape index (κ1) is 14.4. The van der Waals surface area contributed by atoms with Crippen LogP contribution in [-0.2, 0) is 9.59 Å². The molecule has 1 N–H and O–H groups in total. The normalized spacial score (nSPS) is 12.6. The van der Waals surface area contributed by atoms with Gasteiger partial charge >= 0.3 is 0 Å². The number of hydrogen-bond donors (Lipinski definition) is 1. The Morgan fingerprint density at radius 3 is 2.00 bits per heavy atom. The monoisotopic (exact) mass is 247 g/mol. The van der Waals surface area contributed by atoms with Crippen molar-refractivity contribution in [2.45, 2.75) is 39.7 Å². The Hall–Kier alpha value is -1.64. The molecule has 98 valence electrons. The molecule has 1 unspecified atom stereocenters. The lowest BCUT2D eigenvalue weighted by Gasteiger charge is -2.20. The molecule has 0 aliphatic heterocycles. The van der Waals surface area contributed by atoms with Gasteiger partial charge in [-0.05, 0) is 25.3 Å². The van der Waals surface area contributed by atoms with Crippen LogP contribution < -0.4 is 5.32 Å². The molecule has 0 spiro atoms. The van der Waals surface area contributed by atoms with Crippen LogP contribution in [0.25, 0.3) is 0 Å². The van der Waals surface area contributed by atoms with Crippen LogP contribution in [0.4, 0.5) is 0 Å². The van der Waals surface area contributed by atoms with E-state index in [1.807, 2.05) is 58.0 Å². The number of hydrogen-bond acceptors (Lipinski definition) is 2. The molecule has 18 heavy (non-hydrogen) atoms. The quantitative estimate of drug-likeness (QED) is 0.813. The number of ketones is 1. The fourth-order valence-electron chi connectivity index (χ4n) is 1.97. The number of amides is 1. The van der Waals surface area contributed by atoms with Crippen molar-refractivity contribution in [2.75, 3.05) is 0 Å². The van der Waals surface area contributed by atoms with Gasteiger partial charge in [0.1, 0.15) is 0 Å². The fraction of sp³-hybridized carbons (Fsp3) is 0.467. The summed E-state index contributed by atoms with van der Waals surface area (Å²) < 4.78 is 0. The van der Waals surface area contributed by atoms with E-state index in [9.17, 15) is 9.59 Å². The molecule has 1 amide bonds. The minimum Gasteiger partial charge on any atom is -0.347 e. The first-order chi connectivity index (χ1) is 8.43. The van der Waals surface area contributed by atoms with Crippen molar-refractivity contribution < 1.29 is 9.59 Å². The van der Waals surface area contributed by atoms with Gasteiger partial charge < -0.3 is 5.32 Å². The van der Waals surface area contributed by atoms with E-state index >= 15 is 0 Å². The summed E-state index contributed by atoms with van der Waals surface area (Å²) in [6, 6.07) is 9.44. The maximum Gasteiger partial charge on any atom is 0.288 e. The largest absolute Gasteiger partial charge is 0.347 e.